The molecule has 0 aliphatic heterocycles. The summed E-state index contributed by atoms with van der Waals surface area (Å²) in [6.07, 6.45) is 1.87. The van der Waals surface area contributed by atoms with Crippen LogP contribution in [0.4, 0.5) is 0 Å². The molecule has 0 heterocycles. The predicted molar refractivity (Wildman–Crippen MR) is 56.4 cm³/mol. The van der Waals surface area contributed by atoms with Crippen molar-refractivity contribution < 1.29 is 14.3 Å². The monoisotopic (exact) mass is 200 g/mol. The zero-order valence-electron chi connectivity index (χ0n) is 9.17. The van der Waals surface area contributed by atoms with Crippen LogP contribution in [-0.2, 0) is 14.3 Å². The second-order valence-electron chi connectivity index (χ2n) is 3.35. The van der Waals surface area contributed by atoms with E-state index in [-0.39, 0.29) is 5.78 Å². The molecule has 0 saturated heterocycles. The van der Waals surface area contributed by atoms with E-state index < -0.39 is 0 Å². The van der Waals surface area contributed by atoms with E-state index in [1.165, 1.54) is 0 Å². The summed E-state index contributed by atoms with van der Waals surface area (Å²) in [5, 5.41) is 0. The first-order chi connectivity index (χ1) is 6.66. The van der Waals surface area contributed by atoms with E-state index in [1.807, 2.05) is 6.92 Å². The molecule has 0 spiro atoms. The van der Waals surface area contributed by atoms with Gasteiger partial charge in [0, 0.05) is 20.0 Å². The fourth-order valence-corrected chi connectivity index (χ4v) is 0.908. The summed E-state index contributed by atoms with van der Waals surface area (Å²) in [4.78, 5) is 11.2. The Morgan fingerprint density at radius 1 is 1.14 bits per heavy atom. The minimum absolute atomic E-state index is 0.241. The summed E-state index contributed by atoms with van der Waals surface area (Å²) in [5.41, 5.74) is 1.05. The molecule has 0 aromatic carbocycles. The van der Waals surface area contributed by atoms with Gasteiger partial charge in [0.2, 0.25) is 0 Å². The van der Waals surface area contributed by atoms with Crippen molar-refractivity contribution in [2.45, 2.75) is 26.2 Å². The zero-order valence-corrected chi connectivity index (χ0v) is 9.17. The van der Waals surface area contributed by atoms with Gasteiger partial charge >= 0.3 is 0 Å². The molecule has 0 atom stereocenters. The summed E-state index contributed by atoms with van der Waals surface area (Å²) < 4.78 is 9.99. The third-order valence-electron chi connectivity index (χ3n) is 1.79. The van der Waals surface area contributed by atoms with Crippen LogP contribution in [0, 0.1) is 0 Å². The number of carbonyl (C=O) groups is 1. The van der Waals surface area contributed by atoms with Crippen molar-refractivity contribution in [2.75, 3.05) is 26.9 Å². The molecule has 82 valence electrons. The maximum Gasteiger partial charge on any atom is 0.135 e. The standard InChI is InChI=1S/C11H20O3/c1-10(2)4-5-11(12)6-7-14-9-8-13-3/h1,4-9H2,2-3H3. The van der Waals surface area contributed by atoms with Gasteiger partial charge in [0.25, 0.3) is 0 Å². The molecule has 0 radical (unpaired) electrons. The van der Waals surface area contributed by atoms with E-state index in [2.05, 4.69) is 6.58 Å². The van der Waals surface area contributed by atoms with Crippen molar-refractivity contribution in [2.24, 2.45) is 0 Å². The number of methoxy groups -OCH3 is 1. The van der Waals surface area contributed by atoms with E-state index in [1.54, 1.807) is 7.11 Å². The molecular formula is C11H20O3. The Balaban J connectivity index is 3.22. The van der Waals surface area contributed by atoms with Crippen LogP contribution in [0.3, 0.4) is 0 Å². The van der Waals surface area contributed by atoms with Gasteiger partial charge in [-0.05, 0) is 13.3 Å². The lowest BCUT2D eigenvalue weighted by Gasteiger charge is -2.03. The lowest BCUT2D eigenvalue weighted by Crippen LogP contribution is -2.07. The number of ether oxygens (including phenoxy) is 2. The summed E-state index contributed by atoms with van der Waals surface area (Å²) in [7, 11) is 1.63. The highest BCUT2D eigenvalue weighted by molar-refractivity contribution is 5.78. The number of hydrogen-bond donors (Lipinski definition) is 0. The van der Waals surface area contributed by atoms with Crippen molar-refractivity contribution in [3.05, 3.63) is 12.2 Å². The summed E-state index contributed by atoms with van der Waals surface area (Å²) >= 11 is 0. The average Bonchev–Trinajstić information content (AvgIpc) is 2.14. The highest BCUT2D eigenvalue weighted by Gasteiger charge is 2.01. The smallest absolute Gasteiger partial charge is 0.135 e. The normalized spacial score (nSPS) is 10.1. The molecule has 0 saturated carbocycles. The first-order valence-electron chi connectivity index (χ1n) is 4.89. The first-order valence-corrected chi connectivity index (χ1v) is 4.89. The predicted octanol–water partition coefficient (Wildman–Crippen LogP) is 1.96. The van der Waals surface area contributed by atoms with E-state index >= 15 is 0 Å². The quantitative estimate of drug-likeness (QED) is 0.421. The van der Waals surface area contributed by atoms with Gasteiger partial charge in [0.05, 0.1) is 19.8 Å². The van der Waals surface area contributed by atoms with E-state index in [9.17, 15) is 4.79 Å². The maximum atomic E-state index is 11.2. The number of allylic oxidation sites excluding steroid dienone is 1. The Morgan fingerprint density at radius 3 is 2.43 bits per heavy atom. The molecule has 0 amide bonds. The lowest BCUT2D eigenvalue weighted by atomic mass is 10.1. The van der Waals surface area contributed by atoms with Crippen molar-refractivity contribution in [1.82, 2.24) is 0 Å². The Hall–Kier alpha value is -0.670. The van der Waals surface area contributed by atoms with Gasteiger partial charge < -0.3 is 9.47 Å². The summed E-state index contributed by atoms with van der Waals surface area (Å²) in [6, 6.07) is 0. The van der Waals surface area contributed by atoms with Gasteiger partial charge in [-0.1, -0.05) is 5.57 Å². The zero-order chi connectivity index (χ0) is 10.8. The number of Topliss-reactive ketones (excluding diaryl/α,β-unsaturated/α-hetero) is 1. The van der Waals surface area contributed by atoms with Crippen LogP contribution in [0.5, 0.6) is 0 Å². The largest absolute Gasteiger partial charge is 0.382 e. The molecule has 0 fully saturated rings. The Morgan fingerprint density at radius 2 is 1.86 bits per heavy atom. The SMILES string of the molecule is C=C(C)CCC(=O)CCOCCOC. The van der Waals surface area contributed by atoms with Gasteiger partial charge in [-0.2, -0.15) is 0 Å². The number of ketones is 1. The fourth-order valence-electron chi connectivity index (χ4n) is 0.908. The second kappa shape index (κ2) is 8.91. The molecule has 3 heteroatoms. The molecule has 0 bridgehead atoms. The fraction of sp³-hybridized carbons (Fsp3) is 0.727. The van der Waals surface area contributed by atoms with Crippen molar-refractivity contribution in [3.63, 3.8) is 0 Å². The van der Waals surface area contributed by atoms with E-state index in [0.29, 0.717) is 32.7 Å². The van der Waals surface area contributed by atoms with Crippen LogP contribution in [0.15, 0.2) is 12.2 Å². The van der Waals surface area contributed by atoms with E-state index in [0.717, 1.165) is 12.0 Å². The lowest BCUT2D eigenvalue weighted by molar-refractivity contribution is -0.120. The van der Waals surface area contributed by atoms with Gasteiger partial charge in [-0.15, -0.1) is 6.58 Å². The molecule has 0 aliphatic carbocycles. The minimum Gasteiger partial charge on any atom is -0.382 e. The number of rotatable bonds is 9. The molecule has 14 heavy (non-hydrogen) atoms. The van der Waals surface area contributed by atoms with Crippen LogP contribution in [0.2, 0.25) is 0 Å². The van der Waals surface area contributed by atoms with Crippen LogP contribution in [-0.4, -0.2) is 32.7 Å². The molecule has 0 rings (SSSR count). The van der Waals surface area contributed by atoms with Gasteiger partial charge in [0.15, 0.2) is 0 Å². The van der Waals surface area contributed by atoms with Crippen molar-refractivity contribution in [1.29, 1.82) is 0 Å². The van der Waals surface area contributed by atoms with Gasteiger partial charge in [-0.25, -0.2) is 0 Å². The molecular weight excluding hydrogens is 180 g/mol. The minimum atomic E-state index is 0.241. The van der Waals surface area contributed by atoms with E-state index in [4.69, 9.17) is 9.47 Å². The molecule has 0 aromatic heterocycles. The van der Waals surface area contributed by atoms with Gasteiger partial charge in [-0.3, -0.25) is 4.79 Å². The third-order valence-corrected chi connectivity index (χ3v) is 1.79. The highest BCUT2D eigenvalue weighted by Crippen LogP contribution is 2.02. The van der Waals surface area contributed by atoms with Crippen molar-refractivity contribution in [3.8, 4) is 0 Å². The van der Waals surface area contributed by atoms with Crippen molar-refractivity contribution >= 4 is 5.78 Å². The highest BCUT2D eigenvalue weighted by atomic mass is 16.5. The molecule has 0 aromatic rings. The van der Waals surface area contributed by atoms with Gasteiger partial charge in [0.1, 0.15) is 5.78 Å². The maximum absolute atomic E-state index is 11.2. The second-order valence-corrected chi connectivity index (χ2v) is 3.35. The molecule has 0 N–H and O–H groups in total. The summed E-state index contributed by atoms with van der Waals surface area (Å²) in [5.74, 6) is 0.241. The number of hydrogen-bond acceptors (Lipinski definition) is 3. The number of carbonyl (C=O) groups excluding carboxylic acids is 1. The van der Waals surface area contributed by atoms with Crippen LogP contribution in [0.1, 0.15) is 26.2 Å². The average molecular weight is 200 g/mol. The first kappa shape index (κ1) is 13.3. The molecule has 0 unspecified atom stereocenters. The topological polar surface area (TPSA) is 35.5 Å². The Labute approximate surface area is 86.1 Å². The van der Waals surface area contributed by atoms with Crippen LogP contribution < -0.4 is 0 Å². The van der Waals surface area contributed by atoms with Crippen LogP contribution in [0.25, 0.3) is 0 Å². The molecule has 0 aliphatic rings. The third kappa shape index (κ3) is 9.42. The summed E-state index contributed by atoms with van der Waals surface area (Å²) in [6.45, 7) is 7.32. The Kier molecular flexibility index (Phi) is 8.48. The Bertz CT molecular complexity index is 175. The van der Waals surface area contributed by atoms with Crippen LogP contribution >= 0.6 is 0 Å². The molecule has 3 nitrogen and oxygen atoms in total.